The van der Waals surface area contributed by atoms with Crippen molar-refractivity contribution in [2.45, 2.75) is 25.9 Å². The Balaban J connectivity index is 1.46. The summed E-state index contributed by atoms with van der Waals surface area (Å²) in [4.78, 5) is 32.3. The van der Waals surface area contributed by atoms with Crippen LogP contribution in [-0.2, 0) is 11.3 Å². The lowest BCUT2D eigenvalue weighted by molar-refractivity contribution is -0.121. The van der Waals surface area contributed by atoms with Crippen molar-refractivity contribution in [1.29, 1.82) is 0 Å². The van der Waals surface area contributed by atoms with Crippen LogP contribution in [0.2, 0.25) is 0 Å². The summed E-state index contributed by atoms with van der Waals surface area (Å²) in [5.41, 5.74) is 1.34. The Hall–Kier alpha value is -3.55. The number of hydrogen-bond acceptors (Lipinski definition) is 6. The number of pyridine rings is 1. The van der Waals surface area contributed by atoms with Gasteiger partial charge < -0.3 is 15.2 Å². The maximum absolute atomic E-state index is 12.1. The average molecular weight is 365 g/mol. The number of benzene rings is 1. The van der Waals surface area contributed by atoms with Crippen LogP contribution in [0.5, 0.6) is 0 Å². The molecule has 2 N–H and O–H groups in total. The first-order chi connectivity index (χ1) is 13.1. The van der Waals surface area contributed by atoms with E-state index >= 15 is 0 Å². The highest BCUT2D eigenvalue weighted by atomic mass is 16.5. The van der Waals surface area contributed by atoms with Crippen molar-refractivity contribution in [3.05, 3.63) is 66.3 Å². The molecule has 0 saturated heterocycles. The summed E-state index contributed by atoms with van der Waals surface area (Å²) >= 11 is 0. The summed E-state index contributed by atoms with van der Waals surface area (Å²) in [5.74, 6) is 0.301. The fourth-order valence-corrected chi connectivity index (χ4v) is 2.42. The van der Waals surface area contributed by atoms with Crippen molar-refractivity contribution < 1.29 is 14.1 Å². The van der Waals surface area contributed by atoms with Crippen LogP contribution >= 0.6 is 0 Å². The Morgan fingerprint density at radius 2 is 1.85 bits per heavy atom. The third-order valence-electron chi connectivity index (χ3n) is 3.75. The van der Waals surface area contributed by atoms with E-state index in [4.69, 9.17) is 4.52 Å². The van der Waals surface area contributed by atoms with Gasteiger partial charge in [-0.1, -0.05) is 23.4 Å². The summed E-state index contributed by atoms with van der Waals surface area (Å²) in [6.07, 6.45) is 3.42. The van der Waals surface area contributed by atoms with Crippen LogP contribution in [0.4, 0.5) is 0 Å². The first kappa shape index (κ1) is 18.2. The maximum Gasteiger partial charge on any atom is 0.251 e. The van der Waals surface area contributed by atoms with Gasteiger partial charge in [-0.3, -0.25) is 14.6 Å². The van der Waals surface area contributed by atoms with E-state index in [2.05, 4.69) is 25.8 Å². The monoisotopic (exact) mass is 365 g/mol. The van der Waals surface area contributed by atoms with Gasteiger partial charge in [0.25, 0.3) is 5.91 Å². The molecule has 0 aliphatic carbocycles. The highest BCUT2D eigenvalue weighted by Gasteiger charge is 2.14. The second kappa shape index (κ2) is 8.70. The summed E-state index contributed by atoms with van der Waals surface area (Å²) in [7, 11) is 0. The Morgan fingerprint density at radius 1 is 1.11 bits per heavy atom. The minimum atomic E-state index is -0.312. The molecule has 27 heavy (non-hydrogen) atoms. The predicted molar refractivity (Wildman–Crippen MR) is 97.4 cm³/mol. The van der Waals surface area contributed by atoms with Crippen molar-refractivity contribution in [3.63, 3.8) is 0 Å². The summed E-state index contributed by atoms with van der Waals surface area (Å²) < 4.78 is 5.13. The first-order valence-electron chi connectivity index (χ1n) is 8.47. The number of hydrogen-bond donors (Lipinski definition) is 2. The van der Waals surface area contributed by atoms with Crippen LogP contribution in [-0.4, -0.2) is 33.0 Å². The molecular weight excluding hydrogens is 346 g/mol. The molecule has 8 heteroatoms. The van der Waals surface area contributed by atoms with Crippen molar-refractivity contribution in [2.24, 2.45) is 0 Å². The van der Waals surface area contributed by atoms with Crippen molar-refractivity contribution in [1.82, 2.24) is 25.8 Å². The zero-order valence-electron chi connectivity index (χ0n) is 14.8. The lowest BCUT2D eigenvalue weighted by Crippen LogP contribution is -2.37. The molecule has 138 valence electrons. The lowest BCUT2D eigenvalue weighted by atomic mass is 10.1. The minimum absolute atomic E-state index is 0.121. The van der Waals surface area contributed by atoms with Gasteiger partial charge in [-0.15, -0.1) is 0 Å². The minimum Gasteiger partial charge on any atom is -0.349 e. The van der Waals surface area contributed by atoms with E-state index < -0.39 is 0 Å². The van der Waals surface area contributed by atoms with Crippen LogP contribution in [0.3, 0.4) is 0 Å². The number of aromatic nitrogens is 3. The fourth-order valence-electron chi connectivity index (χ4n) is 2.42. The van der Waals surface area contributed by atoms with Crippen LogP contribution in [0.25, 0.3) is 11.4 Å². The average Bonchev–Trinajstić information content (AvgIpc) is 3.17. The van der Waals surface area contributed by atoms with E-state index in [9.17, 15) is 9.59 Å². The third-order valence-corrected chi connectivity index (χ3v) is 3.75. The molecule has 1 atom stereocenters. The topological polar surface area (TPSA) is 110 Å². The summed E-state index contributed by atoms with van der Waals surface area (Å²) in [6, 6.07) is 12.1. The molecule has 1 unspecified atom stereocenters. The van der Waals surface area contributed by atoms with Gasteiger partial charge in [0.05, 0.1) is 6.54 Å². The van der Waals surface area contributed by atoms with Gasteiger partial charge in [0.15, 0.2) is 0 Å². The molecule has 1 aromatic carbocycles. The van der Waals surface area contributed by atoms with Crippen molar-refractivity contribution >= 4 is 11.8 Å². The van der Waals surface area contributed by atoms with E-state index in [1.54, 1.807) is 55.7 Å². The number of carbonyl (C=O) groups excluding carboxylic acids is 2. The second-order valence-electron chi connectivity index (χ2n) is 5.97. The van der Waals surface area contributed by atoms with E-state index in [0.29, 0.717) is 17.3 Å². The molecule has 0 fully saturated rings. The van der Waals surface area contributed by atoms with Gasteiger partial charge in [-0.2, -0.15) is 4.98 Å². The van der Waals surface area contributed by atoms with E-state index in [-0.39, 0.29) is 30.8 Å². The van der Waals surface area contributed by atoms with Gasteiger partial charge in [0.2, 0.25) is 17.6 Å². The highest BCUT2D eigenvalue weighted by Crippen LogP contribution is 2.13. The standard InChI is InChI=1S/C19H19N5O3/c1-13(22-19(26)15-5-3-2-4-6-15)11-16(25)21-12-17-23-18(24-27-17)14-7-9-20-10-8-14/h2-10,13H,11-12H2,1H3,(H,21,25)(H,22,26). The van der Waals surface area contributed by atoms with Gasteiger partial charge in [-0.05, 0) is 31.2 Å². The van der Waals surface area contributed by atoms with Crippen LogP contribution < -0.4 is 10.6 Å². The molecule has 0 aliphatic heterocycles. The second-order valence-corrected chi connectivity index (χ2v) is 5.97. The zero-order valence-corrected chi connectivity index (χ0v) is 14.8. The van der Waals surface area contributed by atoms with Gasteiger partial charge in [0.1, 0.15) is 0 Å². The molecule has 2 heterocycles. The first-order valence-corrected chi connectivity index (χ1v) is 8.47. The van der Waals surface area contributed by atoms with Crippen LogP contribution in [0.1, 0.15) is 29.6 Å². The van der Waals surface area contributed by atoms with Crippen LogP contribution in [0.15, 0.2) is 59.4 Å². The highest BCUT2D eigenvalue weighted by molar-refractivity contribution is 5.94. The van der Waals surface area contributed by atoms with E-state index in [1.807, 2.05) is 6.07 Å². The molecule has 0 bridgehead atoms. The zero-order chi connectivity index (χ0) is 19.1. The summed E-state index contributed by atoms with van der Waals surface area (Å²) in [6.45, 7) is 1.89. The molecule has 3 aromatic rings. The summed E-state index contributed by atoms with van der Waals surface area (Å²) in [5, 5.41) is 9.38. The fraction of sp³-hybridized carbons (Fsp3) is 0.211. The van der Waals surface area contributed by atoms with E-state index in [0.717, 1.165) is 5.56 Å². The normalized spacial score (nSPS) is 11.6. The molecule has 2 amide bonds. The number of rotatable bonds is 7. The predicted octanol–water partition coefficient (Wildman–Crippen LogP) is 1.96. The molecule has 8 nitrogen and oxygen atoms in total. The Bertz CT molecular complexity index is 896. The molecule has 3 rings (SSSR count). The number of carbonyl (C=O) groups is 2. The molecule has 0 radical (unpaired) electrons. The van der Waals surface area contributed by atoms with Crippen molar-refractivity contribution in [2.75, 3.05) is 0 Å². The molecular formula is C19H19N5O3. The van der Waals surface area contributed by atoms with Crippen molar-refractivity contribution in [3.8, 4) is 11.4 Å². The van der Waals surface area contributed by atoms with E-state index in [1.165, 1.54) is 0 Å². The number of nitrogens with one attached hydrogen (secondary N) is 2. The third kappa shape index (κ3) is 5.21. The lowest BCUT2D eigenvalue weighted by Gasteiger charge is -2.13. The quantitative estimate of drug-likeness (QED) is 0.662. The molecule has 0 saturated carbocycles. The van der Waals surface area contributed by atoms with Gasteiger partial charge in [-0.25, -0.2) is 0 Å². The van der Waals surface area contributed by atoms with Crippen LogP contribution in [0, 0.1) is 0 Å². The Kier molecular flexibility index (Phi) is 5.88. The molecule has 2 aromatic heterocycles. The smallest absolute Gasteiger partial charge is 0.251 e. The molecule has 0 spiro atoms. The van der Waals surface area contributed by atoms with Gasteiger partial charge >= 0.3 is 0 Å². The number of amides is 2. The Labute approximate surface area is 156 Å². The number of nitrogens with zero attached hydrogens (tertiary/aromatic N) is 3. The molecule has 0 aliphatic rings. The Morgan fingerprint density at radius 3 is 2.59 bits per heavy atom. The van der Waals surface area contributed by atoms with Gasteiger partial charge in [0, 0.05) is 36.0 Å². The maximum atomic E-state index is 12.1. The SMILES string of the molecule is CC(CC(=O)NCc1nc(-c2ccncc2)no1)NC(=O)c1ccccc1. The largest absolute Gasteiger partial charge is 0.349 e.